The molecule has 0 aliphatic rings. The lowest BCUT2D eigenvalue weighted by Gasteiger charge is -2.14. The SMILES string of the molecule is Cc1cccc2oc(CCNC(C)c3cccc4cn[nH]c34)nc12. The van der Waals surface area contributed by atoms with Gasteiger partial charge < -0.3 is 9.73 Å². The second kappa shape index (κ2) is 6.09. The molecule has 0 bridgehead atoms. The normalized spacial score (nSPS) is 12.9. The van der Waals surface area contributed by atoms with Gasteiger partial charge in [0.05, 0.1) is 11.7 Å². The first kappa shape index (κ1) is 14.9. The molecule has 4 aromatic rings. The summed E-state index contributed by atoms with van der Waals surface area (Å²) in [7, 11) is 0. The number of H-pyrrole nitrogens is 1. The van der Waals surface area contributed by atoms with Crippen molar-refractivity contribution in [2.24, 2.45) is 0 Å². The number of aryl methyl sites for hydroxylation is 1. The number of nitrogens with zero attached hydrogens (tertiary/aromatic N) is 2. The largest absolute Gasteiger partial charge is 0.441 e. The van der Waals surface area contributed by atoms with Gasteiger partial charge in [0.15, 0.2) is 11.5 Å². The van der Waals surface area contributed by atoms with E-state index < -0.39 is 0 Å². The minimum atomic E-state index is 0.222. The van der Waals surface area contributed by atoms with E-state index in [-0.39, 0.29) is 6.04 Å². The Labute approximate surface area is 140 Å². The van der Waals surface area contributed by atoms with E-state index in [0.717, 1.165) is 46.4 Å². The lowest BCUT2D eigenvalue weighted by atomic mass is 10.1. The van der Waals surface area contributed by atoms with Crippen LogP contribution in [0.1, 0.15) is 30.0 Å². The minimum absolute atomic E-state index is 0.222. The molecule has 5 heteroatoms. The first-order valence-corrected chi connectivity index (χ1v) is 8.23. The molecule has 0 amide bonds. The van der Waals surface area contributed by atoms with Crippen molar-refractivity contribution >= 4 is 22.0 Å². The number of oxazole rings is 1. The highest BCUT2D eigenvalue weighted by Crippen LogP contribution is 2.22. The molecule has 0 fully saturated rings. The number of aromatic amines is 1. The summed E-state index contributed by atoms with van der Waals surface area (Å²) in [5.74, 6) is 0.777. The van der Waals surface area contributed by atoms with E-state index in [1.807, 2.05) is 18.3 Å². The van der Waals surface area contributed by atoms with E-state index in [4.69, 9.17) is 4.42 Å². The number of nitrogens with one attached hydrogen (secondary N) is 2. The third kappa shape index (κ3) is 2.67. The van der Waals surface area contributed by atoms with Crippen LogP contribution in [-0.2, 0) is 6.42 Å². The zero-order valence-corrected chi connectivity index (χ0v) is 13.8. The Hall–Kier alpha value is -2.66. The fourth-order valence-electron chi connectivity index (χ4n) is 3.10. The van der Waals surface area contributed by atoms with Crippen molar-refractivity contribution in [3.8, 4) is 0 Å². The summed E-state index contributed by atoms with van der Waals surface area (Å²) in [6, 6.07) is 12.5. The maximum atomic E-state index is 5.83. The molecule has 0 aliphatic carbocycles. The molecule has 24 heavy (non-hydrogen) atoms. The molecule has 2 aromatic carbocycles. The topological polar surface area (TPSA) is 66.7 Å². The zero-order valence-electron chi connectivity index (χ0n) is 13.8. The smallest absolute Gasteiger partial charge is 0.196 e. The summed E-state index contributed by atoms with van der Waals surface area (Å²) in [5.41, 5.74) is 5.28. The van der Waals surface area contributed by atoms with Crippen molar-refractivity contribution in [1.29, 1.82) is 0 Å². The van der Waals surface area contributed by atoms with Gasteiger partial charge in [0.1, 0.15) is 5.52 Å². The quantitative estimate of drug-likeness (QED) is 0.585. The number of aromatic nitrogens is 3. The van der Waals surface area contributed by atoms with Gasteiger partial charge in [-0.3, -0.25) is 5.10 Å². The molecule has 0 saturated heterocycles. The van der Waals surface area contributed by atoms with Gasteiger partial charge in [-0.05, 0) is 31.0 Å². The summed E-state index contributed by atoms with van der Waals surface area (Å²) < 4.78 is 5.83. The molecule has 122 valence electrons. The highest BCUT2D eigenvalue weighted by Gasteiger charge is 2.11. The lowest BCUT2D eigenvalue weighted by Crippen LogP contribution is -2.21. The van der Waals surface area contributed by atoms with E-state index in [2.05, 4.69) is 58.6 Å². The van der Waals surface area contributed by atoms with Crippen LogP contribution < -0.4 is 5.32 Å². The Morgan fingerprint density at radius 3 is 2.96 bits per heavy atom. The molecule has 1 atom stereocenters. The maximum Gasteiger partial charge on any atom is 0.196 e. The van der Waals surface area contributed by atoms with Crippen LogP contribution in [0.4, 0.5) is 0 Å². The predicted octanol–water partition coefficient (Wildman–Crippen LogP) is 3.91. The zero-order chi connectivity index (χ0) is 16.5. The summed E-state index contributed by atoms with van der Waals surface area (Å²) in [5, 5.41) is 11.9. The Kier molecular flexibility index (Phi) is 3.78. The van der Waals surface area contributed by atoms with Crippen molar-refractivity contribution < 1.29 is 4.42 Å². The number of hydrogen-bond acceptors (Lipinski definition) is 4. The van der Waals surface area contributed by atoms with Crippen molar-refractivity contribution in [2.45, 2.75) is 26.3 Å². The predicted molar refractivity (Wildman–Crippen MR) is 95.0 cm³/mol. The molecule has 0 radical (unpaired) electrons. The van der Waals surface area contributed by atoms with Crippen LogP contribution >= 0.6 is 0 Å². The van der Waals surface area contributed by atoms with Gasteiger partial charge in [0.2, 0.25) is 0 Å². The van der Waals surface area contributed by atoms with Crippen LogP contribution in [-0.4, -0.2) is 21.7 Å². The maximum absolute atomic E-state index is 5.83. The molecule has 5 nitrogen and oxygen atoms in total. The number of benzene rings is 2. The van der Waals surface area contributed by atoms with Crippen molar-refractivity contribution in [3.05, 3.63) is 59.6 Å². The van der Waals surface area contributed by atoms with Gasteiger partial charge in [0, 0.05) is 24.4 Å². The second-order valence-corrected chi connectivity index (χ2v) is 6.14. The highest BCUT2D eigenvalue weighted by molar-refractivity contribution is 5.81. The van der Waals surface area contributed by atoms with Crippen LogP contribution in [0, 0.1) is 6.92 Å². The number of rotatable bonds is 5. The third-order valence-electron chi connectivity index (χ3n) is 4.43. The van der Waals surface area contributed by atoms with E-state index in [0.29, 0.717) is 0 Å². The first-order chi connectivity index (χ1) is 11.7. The molecule has 2 aromatic heterocycles. The summed E-state index contributed by atoms with van der Waals surface area (Å²) in [4.78, 5) is 4.60. The molecular formula is C19H20N4O. The molecule has 2 N–H and O–H groups in total. The van der Waals surface area contributed by atoms with Crippen molar-refractivity contribution in [3.63, 3.8) is 0 Å². The standard InChI is InChI=1S/C19H20N4O/c1-12-5-3-8-16-18(12)22-17(24-16)9-10-20-13(2)15-7-4-6-14-11-21-23-19(14)15/h3-8,11,13,20H,9-10H2,1-2H3,(H,21,23). The fraction of sp³-hybridized carbons (Fsp3) is 0.263. The van der Waals surface area contributed by atoms with Gasteiger partial charge in [-0.2, -0.15) is 5.10 Å². The molecule has 0 aliphatic heterocycles. The molecule has 0 spiro atoms. The van der Waals surface area contributed by atoms with Gasteiger partial charge in [-0.15, -0.1) is 0 Å². The average molecular weight is 320 g/mol. The van der Waals surface area contributed by atoms with Crippen LogP contribution in [0.25, 0.3) is 22.0 Å². The molecule has 0 saturated carbocycles. The number of para-hydroxylation sites is 2. The number of fused-ring (bicyclic) bond motifs is 2. The monoisotopic (exact) mass is 320 g/mol. The lowest BCUT2D eigenvalue weighted by molar-refractivity contribution is 0.497. The Morgan fingerprint density at radius 1 is 1.21 bits per heavy atom. The van der Waals surface area contributed by atoms with Crippen LogP contribution in [0.5, 0.6) is 0 Å². The van der Waals surface area contributed by atoms with Crippen LogP contribution in [0.15, 0.2) is 47.0 Å². The van der Waals surface area contributed by atoms with E-state index in [1.54, 1.807) is 0 Å². The van der Waals surface area contributed by atoms with Crippen LogP contribution in [0.3, 0.4) is 0 Å². The molecule has 1 unspecified atom stereocenters. The highest BCUT2D eigenvalue weighted by atomic mass is 16.3. The van der Waals surface area contributed by atoms with Gasteiger partial charge >= 0.3 is 0 Å². The average Bonchev–Trinajstić information content (AvgIpc) is 3.21. The molecular weight excluding hydrogens is 300 g/mol. The van der Waals surface area contributed by atoms with E-state index in [1.165, 1.54) is 5.56 Å². The van der Waals surface area contributed by atoms with Crippen molar-refractivity contribution in [1.82, 2.24) is 20.5 Å². The van der Waals surface area contributed by atoms with Crippen LogP contribution in [0.2, 0.25) is 0 Å². The summed E-state index contributed by atoms with van der Waals surface area (Å²) in [6.07, 6.45) is 2.61. The first-order valence-electron chi connectivity index (χ1n) is 8.23. The summed E-state index contributed by atoms with van der Waals surface area (Å²) in [6.45, 7) is 5.02. The molecule has 4 rings (SSSR count). The minimum Gasteiger partial charge on any atom is -0.441 e. The second-order valence-electron chi connectivity index (χ2n) is 6.14. The molecule has 2 heterocycles. The van der Waals surface area contributed by atoms with Crippen molar-refractivity contribution in [2.75, 3.05) is 6.54 Å². The van der Waals surface area contributed by atoms with E-state index >= 15 is 0 Å². The van der Waals surface area contributed by atoms with Gasteiger partial charge in [-0.25, -0.2) is 4.98 Å². The number of hydrogen-bond donors (Lipinski definition) is 2. The third-order valence-corrected chi connectivity index (χ3v) is 4.43. The Balaban J connectivity index is 1.44. The fourth-order valence-corrected chi connectivity index (χ4v) is 3.10. The van der Waals surface area contributed by atoms with Gasteiger partial charge in [-0.1, -0.05) is 30.3 Å². The Bertz CT molecular complexity index is 985. The van der Waals surface area contributed by atoms with Gasteiger partial charge in [0.25, 0.3) is 0 Å². The summed E-state index contributed by atoms with van der Waals surface area (Å²) >= 11 is 0. The Morgan fingerprint density at radius 2 is 2.08 bits per heavy atom. The van der Waals surface area contributed by atoms with E-state index in [9.17, 15) is 0 Å².